The summed E-state index contributed by atoms with van der Waals surface area (Å²) in [5.41, 5.74) is -7.76. The van der Waals surface area contributed by atoms with E-state index in [2.05, 4.69) is 0 Å². The normalized spacial score (nSPS) is 20.2. The summed E-state index contributed by atoms with van der Waals surface area (Å²) in [6.45, 7) is 0. The van der Waals surface area contributed by atoms with Crippen molar-refractivity contribution in [2.45, 2.75) is 0 Å². The van der Waals surface area contributed by atoms with Crippen LogP contribution < -0.4 is 0 Å². The fraction of sp³-hybridized carbons (Fsp3) is 0. The van der Waals surface area contributed by atoms with Gasteiger partial charge in [-0.1, -0.05) is 151 Å². The van der Waals surface area contributed by atoms with E-state index in [1.54, 1.807) is 0 Å². The minimum atomic E-state index is -1.07. The molecule has 0 radical (unpaired) electrons. The number of hydrogen-bond donors (Lipinski definition) is 0. The summed E-state index contributed by atoms with van der Waals surface area (Å²) >= 11 is 0. The molecule has 49 heavy (non-hydrogen) atoms. The fourth-order valence-corrected chi connectivity index (χ4v) is 5.58. The molecule has 1 nitrogen and oxygen atoms in total. The van der Waals surface area contributed by atoms with Gasteiger partial charge in [0.2, 0.25) is 0 Å². The van der Waals surface area contributed by atoms with E-state index in [4.69, 9.17) is 31.8 Å². The van der Waals surface area contributed by atoms with Crippen LogP contribution >= 0.6 is 0 Å². The maximum Gasteiger partial charge on any atom is 0.136 e. The van der Waals surface area contributed by atoms with Gasteiger partial charge in [-0.2, -0.15) is 0 Å². The van der Waals surface area contributed by atoms with Gasteiger partial charge in [0.25, 0.3) is 0 Å². The average Bonchev–Trinajstić information content (AvgIpc) is 4.03. The molecule has 0 bridgehead atoms. The second-order valence-corrected chi connectivity index (χ2v) is 10.5. The molecule has 0 aliphatic rings. The highest BCUT2D eigenvalue weighted by Crippen LogP contribution is 2.41. The van der Waals surface area contributed by atoms with Crippen LogP contribution in [0.15, 0.2) is 186 Å². The summed E-state index contributed by atoms with van der Waals surface area (Å²) < 4.78 is 275. The Morgan fingerprint density at radius 1 is 0.286 bits per heavy atom. The van der Waals surface area contributed by atoms with E-state index in [0.29, 0.717) is 0 Å². The highest BCUT2D eigenvalue weighted by molar-refractivity contribution is 6.26. The number of fused-ring (bicyclic) bond motifs is 9. The SMILES string of the molecule is [2H]c1c([2H])c([2H])c(-c2c([2H])c([2H])c(-c3c([2H])c([2H])c4c5c([2H])c([2H])c([2H])c([2H])c5c5c([2H])c([2H])c(-c6c([2H])c([2H])c([2H])c(-c7c([2H])c([2H])c([2H])c8oc9c([2H])c([2H])c([2H])c([2H])c9c78)c6[2H])c([2H])c5c4c3[2H])c([2H])c2[2H])c([2H])c1[2H]. The summed E-state index contributed by atoms with van der Waals surface area (Å²) in [6, 6.07) is -28.4. The van der Waals surface area contributed by atoms with Crippen molar-refractivity contribution in [1.29, 1.82) is 0 Å². The third-order valence-electron chi connectivity index (χ3n) is 7.76. The molecule has 0 unspecified atom stereocenters. The Kier molecular flexibility index (Phi) is 2.50. The van der Waals surface area contributed by atoms with Crippen molar-refractivity contribution in [3.05, 3.63) is 181 Å². The summed E-state index contributed by atoms with van der Waals surface area (Å²) in [5, 5.41) is -5.02. The molecule has 10 aromatic rings. The zero-order chi connectivity index (χ0) is 58.4. The predicted octanol–water partition coefficient (Wildman–Crippen LogP) is 13.7. The van der Waals surface area contributed by atoms with Crippen molar-refractivity contribution in [3.63, 3.8) is 0 Å². The van der Waals surface area contributed by atoms with Crippen molar-refractivity contribution in [2.75, 3.05) is 0 Å². The van der Waals surface area contributed by atoms with Crippen LogP contribution in [0, 0.1) is 0 Å². The minimum absolute atomic E-state index is 0.464. The van der Waals surface area contributed by atoms with E-state index >= 15 is 0 Å². The molecule has 0 fully saturated rings. The largest absolute Gasteiger partial charge is 0.456 e. The second-order valence-electron chi connectivity index (χ2n) is 10.5. The van der Waals surface area contributed by atoms with E-state index in [0.717, 1.165) is 0 Å². The van der Waals surface area contributed by atoms with Crippen LogP contribution in [-0.4, -0.2) is 0 Å². The molecule has 0 N–H and O–H groups in total. The molecule has 10 rings (SSSR count). The number of para-hydroxylation sites is 1. The van der Waals surface area contributed by atoms with E-state index in [9.17, 15) is 13.7 Å². The lowest BCUT2D eigenvalue weighted by Gasteiger charge is -2.14. The van der Waals surface area contributed by atoms with E-state index in [1.807, 2.05) is 0 Å². The first-order chi connectivity index (χ1) is 36.8. The number of furan rings is 1. The minimum Gasteiger partial charge on any atom is -0.456 e. The van der Waals surface area contributed by atoms with Gasteiger partial charge < -0.3 is 4.42 Å². The third kappa shape index (κ3) is 4.55. The first-order valence-electron chi connectivity index (χ1n) is 29.4. The van der Waals surface area contributed by atoms with Gasteiger partial charge in [0.1, 0.15) is 11.2 Å². The number of hydrogen-bond acceptors (Lipinski definition) is 1. The quantitative estimate of drug-likeness (QED) is 0.172. The van der Waals surface area contributed by atoms with Gasteiger partial charge in [-0.05, 0) is 107 Å². The second kappa shape index (κ2) is 11.1. The maximum absolute atomic E-state index is 9.99. The predicted molar refractivity (Wildman–Crippen MR) is 208 cm³/mol. The zero-order valence-electron chi connectivity index (χ0n) is 54.4. The Labute approximate surface area is 326 Å². The fourth-order valence-electron chi connectivity index (χ4n) is 5.58. The van der Waals surface area contributed by atoms with Gasteiger partial charge >= 0.3 is 0 Å². The molecule has 0 spiro atoms. The molecule has 9 aromatic carbocycles. The van der Waals surface area contributed by atoms with Crippen molar-refractivity contribution in [1.82, 2.24) is 0 Å². The van der Waals surface area contributed by atoms with Crippen LogP contribution in [0.5, 0.6) is 0 Å². The first kappa shape index (κ1) is 11.1. The van der Waals surface area contributed by atoms with Gasteiger partial charge in [0.15, 0.2) is 0 Å². The van der Waals surface area contributed by atoms with Gasteiger partial charge in [0.05, 0.1) is 41.1 Å². The Balaban J connectivity index is 1.41. The van der Waals surface area contributed by atoms with Crippen LogP contribution in [0.4, 0.5) is 0 Å². The van der Waals surface area contributed by atoms with Crippen molar-refractivity contribution in [3.8, 4) is 44.5 Å². The molecular weight excluding hydrogens is 593 g/mol. The van der Waals surface area contributed by atoms with Crippen LogP contribution in [0.2, 0.25) is 0 Å². The van der Waals surface area contributed by atoms with Crippen LogP contribution in [0.3, 0.4) is 0 Å². The van der Waals surface area contributed by atoms with Gasteiger partial charge in [-0.3, -0.25) is 0 Å². The third-order valence-corrected chi connectivity index (χ3v) is 7.76. The Bertz CT molecular complexity index is 4540. The van der Waals surface area contributed by atoms with Crippen LogP contribution in [-0.2, 0) is 0 Å². The molecule has 0 aliphatic carbocycles. The summed E-state index contributed by atoms with van der Waals surface area (Å²) in [7, 11) is 0. The Morgan fingerprint density at radius 3 is 1.45 bits per heavy atom. The average molecular weight is 653 g/mol. The Morgan fingerprint density at radius 2 is 0.735 bits per heavy atom. The zero-order valence-corrected chi connectivity index (χ0v) is 24.4. The highest BCUT2D eigenvalue weighted by atomic mass is 16.3. The van der Waals surface area contributed by atoms with Crippen molar-refractivity contribution < 1.29 is 45.5 Å². The molecule has 0 saturated carbocycles. The van der Waals surface area contributed by atoms with Crippen molar-refractivity contribution in [2.24, 2.45) is 0 Å². The summed E-state index contributed by atoms with van der Waals surface area (Å²) in [4.78, 5) is 0. The number of rotatable bonds is 4. The monoisotopic (exact) mass is 652 g/mol. The lowest BCUT2D eigenvalue weighted by atomic mass is 9.89. The van der Waals surface area contributed by atoms with Gasteiger partial charge in [-0.15, -0.1) is 0 Å². The molecule has 0 saturated heterocycles. The highest BCUT2D eigenvalue weighted by Gasteiger charge is 2.14. The van der Waals surface area contributed by atoms with Gasteiger partial charge in [-0.25, -0.2) is 0 Å². The molecule has 228 valence electrons. The lowest BCUT2D eigenvalue weighted by molar-refractivity contribution is 0.669. The van der Waals surface area contributed by atoms with Crippen molar-refractivity contribution >= 4 is 54.3 Å². The van der Waals surface area contributed by atoms with E-state index < -0.39 is 280 Å². The molecule has 0 amide bonds. The molecule has 1 heteroatoms. The lowest BCUT2D eigenvalue weighted by Crippen LogP contribution is -1.87. The summed E-state index contributed by atoms with van der Waals surface area (Å²) in [5.74, 6) is 0. The topological polar surface area (TPSA) is 13.1 Å². The van der Waals surface area contributed by atoms with Crippen LogP contribution in [0.25, 0.3) is 98.8 Å². The van der Waals surface area contributed by atoms with E-state index in [1.165, 1.54) is 0 Å². The number of benzene rings is 9. The van der Waals surface area contributed by atoms with E-state index in [-0.39, 0.29) is 0 Å². The summed E-state index contributed by atoms with van der Waals surface area (Å²) in [6.07, 6.45) is 0. The van der Waals surface area contributed by atoms with Crippen LogP contribution in [0.1, 0.15) is 41.1 Å². The molecule has 0 atom stereocenters. The smallest absolute Gasteiger partial charge is 0.136 e. The maximum atomic E-state index is 9.99. The Hall–Kier alpha value is -6.44. The molecular formula is C48H30O. The molecule has 1 aromatic heterocycles. The first-order valence-corrected chi connectivity index (χ1v) is 14.4. The molecule has 1 heterocycles. The van der Waals surface area contributed by atoms with Gasteiger partial charge in [0, 0.05) is 10.8 Å². The standard InChI is InChI=1S/C48H30O/c1-2-10-31(11-3-1)32-20-22-33(23-21-32)35-24-26-41-39-14-4-5-15-40(39)42-27-25-36(30-45(42)44(41)29-35)34-12-8-13-37(28-34)38-17-9-19-47-48(38)43-16-6-7-18-46(43)49-47/h1-30H/i1D,2D,3D,4D,5D,6D,7D,8D,9D,10D,11D,12D,13D,14D,15D,16D,17D,18D,19D,20D,21D,22D,23D,24D,25D,26D,27D,28D,29D,30D. The molecule has 0 aliphatic heterocycles.